The molecule has 1 atom stereocenters. The highest BCUT2D eigenvalue weighted by atomic mass is 16.3. The third kappa shape index (κ3) is 3.01. The van der Waals surface area contributed by atoms with Crippen LogP contribution in [0.1, 0.15) is 44.3 Å². The van der Waals surface area contributed by atoms with E-state index in [1.165, 1.54) is 30.5 Å². The summed E-state index contributed by atoms with van der Waals surface area (Å²) in [6.45, 7) is 0. The first-order valence-electron chi connectivity index (χ1n) is 6.16. The second-order valence-electron chi connectivity index (χ2n) is 4.72. The summed E-state index contributed by atoms with van der Waals surface area (Å²) in [5.41, 5.74) is 0. The minimum atomic E-state index is -0.303. The highest BCUT2D eigenvalue weighted by Gasteiger charge is 2.22. The molecule has 0 saturated heterocycles. The number of tetrazole rings is 1. The molecule has 2 rings (SSSR count). The van der Waals surface area contributed by atoms with Gasteiger partial charge in [0.15, 0.2) is 5.82 Å². The molecule has 1 aromatic rings. The Balaban J connectivity index is 1.88. The van der Waals surface area contributed by atoms with Gasteiger partial charge in [-0.2, -0.15) is 4.80 Å². The molecule has 0 aromatic carbocycles. The summed E-state index contributed by atoms with van der Waals surface area (Å²) in [7, 11) is 1.74. The molecule has 1 aliphatic rings. The number of rotatable bonds is 3. The van der Waals surface area contributed by atoms with Crippen molar-refractivity contribution in [3.05, 3.63) is 5.82 Å². The van der Waals surface area contributed by atoms with Crippen LogP contribution in [0.5, 0.6) is 0 Å². The van der Waals surface area contributed by atoms with Crippen LogP contribution < -0.4 is 0 Å². The molecule has 1 N–H and O–H groups in total. The van der Waals surface area contributed by atoms with Crippen molar-refractivity contribution in [2.75, 3.05) is 0 Å². The maximum absolute atomic E-state index is 10.1. The summed E-state index contributed by atoms with van der Waals surface area (Å²) >= 11 is 0. The van der Waals surface area contributed by atoms with Gasteiger partial charge in [0.2, 0.25) is 0 Å². The fourth-order valence-corrected chi connectivity index (χ4v) is 2.45. The number of aryl methyl sites for hydroxylation is 1. The van der Waals surface area contributed by atoms with E-state index in [0.717, 1.165) is 12.8 Å². The Kier molecular flexibility index (Phi) is 3.88. The van der Waals surface area contributed by atoms with Crippen LogP contribution in [0.3, 0.4) is 0 Å². The minimum absolute atomic E-state index is 0.303. The van der Waals surface area contributed by atoms with E-state index >= 15 is 0 Å². The number of nitrogens with zero attached hydrogens (tertiary/aromatic N) is 4. The molecular formula is C11H20N4O. The SMILES string of the molecule is Cn1nnc(CC(O)C2CCCCCC2)n1. The lowest BCUT2D eigenvalue weighted by Gasteiger charge is -2.19. The molecule has 0 amide bonds. The molecule has 1 heterocycles. The van der Waals surface area contributed by atoms with Gasteiger partial charge in [0, 0.05) is 6.42 Å². The molecule has 5 nitrogen and oxygen atoms in total. The molecule has 0 spiro atoms. The van der Waals surface area contributed by atoms with E-state index in [1.54, 1.807) is 7.05 Å². The number of hydrogen-bond donors (Lipinski definition) is 1. The third-order valence-electron chi connectivity index (χ3n) is 3.39. The van der Waals surface area contributed by atoms with E-state index in [1.807, 2.05) is 0 Å². The number of aromatic nitrogens is 4. The lowest BCUT2D eigenvalue weighted by molar-refractivity contribution is 0.0966. The predicted octanol–water partition coefficient (Wildman–Crippen LogP) is 1.08. The minimum Gasteiger partial charge on any atom is -0.392 e. The van der Waals surface area contributed by atoms with Gasteiger partial charge in [-0.3, -0.25) is 0 Å². The first kappa shape index (κ1) is 11.5. The first-order valence-corrected chi connectivity index (χ1v) is 6.16. The average molecular weight is 224 g/mol. The Hall–Kier alpha value is -0.970. The molecule has 1 fully saturated rings. The van der Waals surface area contributed by atoms with E-state index in [4.69, 9.17) is 0 Å². The first-order chi connectivity index (χ1) is 7.75. The van der Waals surface area contributed by atoms with Gasteiger partial charge in [0.25, 0.3) is 0 Å². The summed E-state index contributed by atoms with van der Waals surface area (Å²) < 4.78 is 0. The Labute approximate surface area is 95.9 Å². The maximum Gasteiger partial charge on any atom is 0.177 e. The Morgan fingerprint density at radius 2 is 2.00 bits per heavy atom. The Bertz CT molecular complexity index is 318. The van der Waals surface area contributed by atoms with Crippen molar-refractivity contribution in [1.29, 1.82) is 0 Å². The molecule has 1 unspecified atom stereocenters. The normalized spacial score (nSPS) is 20.6. The van der Waals surface area contributed by atoms with Gasteiger partial charge in [-0.25, -0.2) is 0 Å². The van der Waals surface area contributed by atoms with E-state index in [0.29, 0.717) is 18.2 Å². The van der Waals surface area contributed by atoms with Crippen molar-refractivity contribution in [1.82, 2.24) is 20.2 Å². The largest absolute Gasteiger partial charge is 0.392 e. The van der Waals surface area contributed by atoms with E-state index in [2.05, 4.69) is 15.4 Å². The van der Waals surface area contributed by atoms with Gasteiger partial charge in [-0.1, -0.05) is 25.7 Å². The van der Waals surface area contributed by atoms with Crippen LogP contribution in [0.4, 0.5) is 0 Å². The van der Waals surface area contributed by atoms with Gasteiger partial charge < -0.3 is 5.11 Å². The van der Waals surface area contributed by atoms with Crippen molar-refractivity contribution in [3.63, 3.8) is 0 Å². The predicted molar refractivity (Wildman–Crippen MR) is 59.7 cm³/mol. The quantitative estimate of drug-likeness (QED) is 0.780. The lowest BCUT2D eigenvalue weighted by atomic mass is 9.92. The molecule has 0 radical (unpaired) electrons. The van der Waals surface area contributed by atoms with Crippen LogP contribution >= 0.6 is 0 Å². The molecule has 1 saturated carbocycles. The molecule has 90 valence electrons. The maximum atomic E-state index is 10.1. The standard InChI is InChI=1S/C11H20N4O/c1-15-13-11(12-14-15)8-10(16)9-6-4-2-3-5-7-9/h9-10,16H,2-8H2,1H3. The van der Waals surface area contributed by atoms with Gasteiger partial charge in [0.05, 0.1) is 13.2 Å². The summed E-state index contributed by atoms with van der Waals surface area (Å²) in [5.74, 6) is 1.07. The van der Waals surface area contributed by atoms with Gasteiger partial charge in [-0.15, -0.1) is 10.2 Å². The van der Waals surface area contributed by atoms with Crippen LogP contribution in [0, 0.1) is 5.92 Å². The molecule has 16 heavy (non-hydrogen) atoms. The molecule has 1 aliphatic carbocycles. The number of hydrogen-bond acceptors (Lipinski definition) is 4. The van der Waals surface area contributed by atoms with Gasteiger partial charge >= 0.3 is 0 Å². The van der Waals surface area contributed by atoms with E-state index in [-0.39, 0.29) is 6.10 Å². The zero-order valence-corrected chi connectivity index (χ0v) is 9.84. The topological polar surface area (TPSA) is 63.8 Å². The molecule has 1 aromatic heterocycles. The van der Waals surface area contributed by atoms with Gasteiger partial charge in [-0.05, 0) is 24.0 Å². The lowest BCUT2D eigenvalue weighted by Crippen LogP contribution is -2.23. The fourth-order valence-electron chi connectivity index (χ4n) is 2.45. The highest BCUT2D eigenvalue weighted by Crippen LogP contribution is 2.26. The summed E-state index contributed by atoms with van der Waals surface area (Å²) in [6, 6.07) is 0. The van der Waals surface area contributed by atoms with E-state index < -0.39 is 0 Å². The molecule has 5 heteroatoms. The Morgan fingerprint density at radius 1 is 1.31 bits per heavy atom. The van der Waals surface area contributed by atoms with Crippen LogP contribution in [0.15, 0.2) is 0 Å². The summed E-state index contributed by atoms with van der Waals surface area (Å²) in [6.07, 6.45) is 7.63. The smallest absolute Gasteiger partial charge is 0.177 e. The van der Waals surface area contributed by atoms with Crippen LogP contribution in [-0.4, -0.2) is 31.4 Å². The van der Waals surface area contributed by atoms with Crippen LogP contribution in [0.2, 0.25) is 0 Å². The van der Waals surface area contributed by atoms with Crippen molar-refractivity contribution in [3.8, 4) is 0 Å². The summed E-state index contributed by atoms with van der Waals surface area (Å²) in [4.78, 5) is 1.44. The highest BCUT2D eigenvalue weighted by molar-refractivity contribution is 4.84. The molecule has 0 aliphatic heterocycles. The van der Waals surface area contributed by atoms with Crippen molar-refractivity contribution < 1.29 is 5.11 Å². The Morgan fingerprint density at radius 3 is 2.56 bits per heavy atom. The number of aliphatic hydroxyl groups is 1. The average Bonchev–Trinajstić information content (AvgIpc) is 2.56. The molecular weight excluding hydrogens is 204 g/mol. The van der Waals surface area contributed by atoms with Crippen molar-refractivity contribution in [2.24, 2.45) is 13.0 Å². The zero-order chi connectivity index (χ0) is 11.4. The van der Waals surface area contributed by atoms with Crippen molar-refractivity contribution in [2.45, 2.75) is 51.0 Å². The van der Waals surface area contributed by atoms with Gasteiger partial charge in [0.1, 0.15) is 0 Å². The number of aliphatic hydroxyl groups excluding tert-OH is 1. The summed E-state index contributed by atoms with van der Waals surface area (Å²) in [5, 5.41) is 21.9. The van der Waals surface area contributed by atoms with E-state index in [9.17, 15) is 5.11 Å². The van der Waals surface area contributed by atoms with Crippen LogP contribution in [0.25, 0.3) is 0 Å². The second-order valence-corrected chi connectivity index (χ2v) is 4.72. The third-order valence-corrected chi connectivity index (χ3v) is 3.39. The fraction of sp³-hybridized carbons (Fsp3) is 0.909. The van der Waals surface area contributed by atoms with Crippen LogP contribution in [-0.2, 0) is 13.5 Å². The monoisotopic (exact) mass is 224 g/mol. The molecule has 0 bridgehead atoms. The second kappa shape index (κ2) is 5.39. The van der Waals surface area contributed by atoms with Crippen molar-refractivity contribution >= 4 is 0 Å². The zero-order valence-electron chi connectivity index (χ0n) is 9.84.